The van der Waals surface area contributed by atoms with E-state index in [0.717, 1.165) is 47.9 Å². The van der Waals surface area contributed by atoms with Crippen LogP contribution in [0.1, 0.15) is 54.0 Å². The number of fused-ring (bicyclic) bond motifs is 1. The summed E-state index contributed by atoms with van der Waals surface area (Å²) in [5, 5.41) is 0.467. The van der Waals surface area contributed by atoms with Gasteiger partial charge in [0.1, 0.15) is 18.4 Å². The Morgan fingerprint density at radius 2 is 1.66 bits per heavy atom. The molecule has 3 aromatic carbocycles. The Kier molecular flexibility index (Phi) is 8.30. The first-order valence-corrected chi connectivity index (χ1v) is 13.5. The van der Waals surface area contributed by atoms with Gasteiger partial charge in [0, 0.05) is 18.5 Å². The third-order valence-electron chi connectivity index (χ3n) is 7.36. The fourth-order valence-electron chi connectivity index (χ4n) is 5.35. The monoisotopic (exact) mass is 533 g/mol. The van der Waals surface area contributed by atoms with Crippen LogP contribution in [-0.2, 0) is 38.6 Å². The van der Waals surface area contributed by atoms with Crippen molar-refractivity contribution in [1.82, 2.24) is 4.90 Å². The lowest BCUT2D eigenvalue weighted by molar-refractivity contribution is -0.161. The van der Waals surface area contributed by atoms with Crippen LogP contribution in [0.5, 0.6) is 5.75 Å². The number of halogens is 1. The average molecular weight is 534 g/mol. The van der Waals surface area contributed by atoms with Gasteiger partial charge in [-0.3, -0.25) is 4.79 Å². The van der Waals surface area contributed by atoms with E-state index in [1.165, 1.54) is 7.11 Å². The Morgan fingerprint density at radius 1 is 0.974 bits per heavy atom. The van der Waals surface area contributed by atoms with Crippen LogP contribution in [0, 0.1) is 0 Å². The van der Waals surface area contributed by atoms with E-state index in [9.17, 15) is 9.59 Å². The van der Waals surface area contributed by atoms with Crippen LogP contribution in [0.3, 0.4) is 0 Å². The first-order valence-electron chi connectivity index (χ1n) is 13.1. The molecule has 0 N–H and O–H groups in total. The van der Waals surface area contributed by atoms with E-state index in [2.05, 4.69) is 0 Å². The summed E-state index contributed by atoms with van der Waals surface area (Å²) in [6.45, 7) is 0.567. The Labute approximate surface area is 228 Å². The molecule has 7 heteroatoms. The lowest BCUT2D eigenvalue weighted by Gasteiger charge is -2.38. The van der Waals surface area contributed by atoms with Gasteiger partial charge in [-0.1, -0.05) is 91.2 Å². The van der Waals surface area contributed by atoms with E-state index in [4.69, 9.17) is 25.8 Å². The molecular formula is C31H32ClNO5. The van der Waals surface area contributed by atoms with Crippen LogP contribution in [0.25, 0.3) is 0 Å². The number of carbonyl (C=O) groups excluding carboxylic acids is 2. The van der Waals surface area contributed by atoms with Crippen molar-refractivity contribution < 1.29 is 23.8 Å². The highest BCUT2D eigenvalue weighted by Crippen LogP contribution is 2.39. The van der Waals surface area contributed by atoms with Crippen molar-refractivity contribution in [3.8, 4) is 5.75 Å². The van der Waals surface area contributed by atoms with E-state index >= 15 is 0 Å². The summed E-state index contributed by atoms with van der Waals surface area (Å²) in [5.41, 5.74) is 3.49. The van der Waals surface area contributed by atoms with Crippen LogP contribution in [-0.4, -0.2) is 36.0 Å². The molecule has 0 saturated heterocycles. The van der Waals surface area contributed by atoms with Gasteiger partial charge in [0.05, 0.1) is 18.2 Å². The number of benzene rings is 3. The molecule has 1 amide bonds. The number of hydrogen-bond acceptors (Lipinski definition) is 5. The molecule has 3 aromatic rings. The lowest BCUT2D eigenvalue weighted by Crippen LogP contribution is -2.51. The highest BCUT2D eigenvalue weighted by Gasteiger charge is 2.41. The minimum Gasteiger partial charge on any atom is -0.487 e. The van der Waals surface area contributed by atoms with Crippen molar-refractivity contribution in [3.63, 3.8) is 0 Å². The van der Waals surface area contributed by atoms with Gasteiger partial charge in [-0.05, 0) is 35.6 Å². The Bertz CT molecular complexity index is 1260. The zero-order valence-electron chi connectivity index (χ0n) is 21.5. The van der Waals surface area contributed by atoms with Gasteiger partial charge in [0.15, 0.2) is 6.10 Å². The molecule has 2 atom stereocenters. The maximum atomic E-state index is 14.1. The normalized spacial score (nSPS) is 18.1. The van der Waals surface area contributed by atoms with Crippen LogP contribution in [0.4, 0.5) is 0 Å². The van der Waals surface area contributed by atoms with Gasteiger partial charge >= 0.3 is 5.97 Å². The molecular weight excluding hydrogens is 502 g/mol. The zero-order chi connectivity index (χ0) is 26.5. The van der Waals surface area contributed by atoms with Gasteiger partial charge in [-0.25, -0.2) is 4.79 Å². The van der Waals surface area contributed by atoms with Crippen LogP contribution < -0.4 is 4.74 Å². The molecule has 1 aliphatic heterocycles. The summed E-state index contributed by atoms with van der Waals surface area (Å²) >= 11 is 6.57. The Hall–Kier alpha value is -3.35. The molecule has 6 nitrogen and oxygen atoms in total. The molecule has 1 heterocycles. The third kappa shape index (κ3) is 5.71. The molecule has 38 heavy (non-hydrogen) atoms. The molecule has 1 fully saturated rings. The van der Waals surface area contributed by atoms with Gasteiger partial charge < -0.3 is 19.1 Å². The predicted molar refractivity (Wildman–Crippen MR) is 145 cm³/mol. The fraction of sp³-hybridized carbons (Fsp3) is 0.355. The zero-order valence-corrected chi connectivity index (χ0v) is 22.2. The number of hydrogen-bond donors (Lipinski definition) is 0. The highest BCUT2D eigenvalue weighted by molar-refractivity contribution is 6.32. The molecule has 2 aliphatic rings. The van der Waals surface area contributed by atoms with E-state index in [-0.39, 0.29) is 25.0 Å². The Morgan fingerprint density at radius 3 is 2.34 bits per heavy atom. The molecule has 0 radical (unpaired) electrons. The van der Waals surface area contributed by atoms with E-state index < -0.39 is 18.1 Å². The van der Waals surface area contributed by atoms with Crippen molar-refractivity contribution in [2.24, 2.45) is 0 Å². The average Bonchev–Trinajstić information content (AvgIpc) is 3.48. The molecule has 5 rings (SSSR count). The SMILES string of the molecule is COC(=O)C1Cc2c(ccc(Cl)c2OCc2ccccc2)CN1C(=O)[C@@H](OC1CCCC1)c1ccccc1. The smallest absolute Gasteiger partial charge is 0.328 e. The first-order chi connectivity index (χ1) is 18.5. The minimum atomic E-state index is -0.823. The fourth-order valence-corrected chi connectivity index (χ4v) is 5.58. The van der Waals surface area contributed by atoms with Crippen molar-refractivity contribution in [3.05, 3.63) is 100 Å². The number of rotatable bonds is 8. The second-order valence-corrected chi connectivity index (χ2v) is 10.2. The summed E-state index contributed by atoms with van der Waals surface area (Å²) in [5.74, 6) is -0.188. The van der Waals surface area contributed by atoms with Crippen LogP contribution in [0.15, 0.2) is 72.8 Å². The summed E-state index contributed by atoms with van der Waals surface area (Å²) in [7, 11) is 1.34. The predicted octanol–water partition coefficient (Wildman–Crippen LogP) is 6.05. The molecule has 0 bridgehead atoms. The molecule has 0 aromatic heterocycles. The van der Waals surface area contributed by atoms with Crippen molar-refractivity contribution >= 4 is 23.5 Å². The number of amides is 1. The quantitative estimate of drug-likeness (QED) is 0.330. The number of ether oxygens (including phenoxy) is 3. The maximum Gasteiger partial charge on any atom is 0.328 e. The topological polar surface area (TPSA) is 65.1 Å². The summed E-state index contributed by atoms with van der Waals surface area (Å²) in [4.78, 5) is 28.8. The number of nitrogens with zero attached hydrogens (tertiary/aromatic N) is 1. The summed E-state index contributed by atoms with van der Waals surface area (Å²) in [6, 6.07) is 22.2. The summed E-state index contributed by atoms with van der Waals surface area (Å²) < 4.78 is 17.7. The van der Waals surface area contributed by atoms with Crippen LogP contribution >= 0.6 is 11.6 Å². The number of methoxy groups -OCH3 is 1. The van der Waals surface area contributed by atoms with Crippen LogP contribution in [0.2, 0.25) is 5.02 Å². The van der Waals surface area contributed by atoms with Gasteiger partial charge in [-0.2, -0.15) is 0 Å². The van der Waals surface area contributed by atoms with Crippen molar-refractivity contribution in [2.45, 2.75) is 63.5 Å². The van der Waals surface area contributed by atoms with E-state index in [1.807, 2.05) is 66.7 Å². The maximum absolute atomic E-state index is 14.1. The van der Waals surface area contributed by atoms with Gasteiger partial charge in [-0.15, -0.1) is 0 Å². The molecule has 198 valence electrons. The first kappa shape index (κ1) is 26.3. The number of esters is 1. The van der Waals surface area contributed by atoms with E-state index in [0.29, 0.717) is 17.4 Å². The highest BCUT2D eigenvalue weighted by atomic mass is 35.5. The lowest BCUT2D eigenvalue weighted by atomic mass is 9.92. The minimum absolute atomic E-state index is 0.0228. The van der Waals surface area contributed by atoms with E-state index in [1.54, 1.807) is 11.0 Å². The van der Waals surface area contributed by atoms with Gasteiger partial charge in [0.25, 0.3) is 5.91 Å². The molecule has 1 unspecified atom stereocenters. The second-order valence-electron chi connectivity index (χ2n) is 9.83. The standard InChI is InChI=1S/C31H32ClNO5/c1-36-31(35)27-18-25-23(16-17-26(32)29(25)37-20-21-10-4-2-5-11-21)19-33(27)30(34)28(22-12-6-3-7-13-22)38-24-14-8-9-15-24/h2-7,10-13,16-17,24,27-28H,8-9,14-15,18-20H2,1H3/t27?,28-/m0/s1. The van der Waals surface area contributed by atoms with Gasteiger partial charge in [0.2, 0.25) is 0 Å². The largest absolute Gasteiger partial charge is 0.487 e. The van der Waals surface area contributed by atoms with Crippen molar-refractivity contribution in [2.75, 3.05) is 7.11 Å². The summed E-state index contributed by atoms with van der Waals surface area (Å²) in [6.07, 6.45) is 3.51. The Balaban J connectivity index is 1.46. The van der Waals surface area contributed by atoms with Crippen molar-refractivity contribution in [1.29, 1.82) is 0 Å². The molecule has 1 saturated carbocycles. The molecule has 1 aliphatic carbocycles. The molecule has 0 spiro atoms. The third-order valence-corrected chi connectivity index (χ3v) is 7.66. The number of carbonyl (C=O) groups is 2. The second kappa shape index (κ2) is 12.0.